The summed E-state index contributed by atoms with van der Waals surface area (Å²) in [6.45, 7) is 2.48. The van der Waals surface area contributed by atoms with E-state index in [1.54, 1.807) is 0 Å². The summed E-state index contributed by atoms with van der Waals surface area (Å²) < 4.78 is 4.62. The Labute approximate surface area is 115 Å². The van der Waals surface area contributed by atoms with Crippen molar-refractivity contribution in [3.8, 4) is 0 Å². The molecule has 2 atom stereocenters. The van der Waals surface area contributed by atoms with E-state index >= 15 is 0 Å². The molecule has 0 spiro atoms. The number of hydrogen-bond acceptors (Lipinski definition) is 3. The molecule has 0 radical (unpaired) electrons. The quantitative estimate of drug-likeness (QED) is 0.669. The Morgan fingerprint density at radius 2 is 2.18 bits per heavy atom. The van der Waals surface area contributed by atoms with Crippen molar-refractivity contribution in [2.45, 2.75) is 17.8 Å². The van der Waals surface area contributed by atoms with Crippen molar-refractivity contribution in [1.29, 1.82) is 0 Å². The molecule has 5 heteroatoms. The molecule has 0 saturated heterocycles. The van der Waals surface area contributed by atoms with Crippen LogP contribution in [0.5, 0.6) is 0 Å². The highest BCUT2D eigenvalue weighted by atomic mass is 79.9. The fourth-order valence-corrected chi connectivity index (χ4v) is 2.10. The number of alkyl halides is 1. The first-order valence-electron chi connectivity index (χ1n) is 5.26. The molecule has 0 fully saturated rings. The lowest BCUT2D eigenvalue weighted by Crippen LogP contribution is -2.31. The van der Waals surface area contributed by atoms with Crippen LogP contribution in [0, 0.1) is 0 Å². The predicted octanol–water partition coefficient (Wildman–Crippen LogP) is 2.93. The average molecular weight is 321 g/mol. The minimum absolute atomic E-state index is 0.0772. The van der Waals surface area contributed by atoms with Gasteiger partial charge in [0.25, 0.3) is 0 Å². The number of esters is 1. The highest BCUT2D eigenvalue weighted by Gasteiger charge is 2.16. The molecule has 1 aromatic carbocycles. The van der Waals surface area contributed by atoms with Crippen molar-refractivity contribution in [3.05, 3.63) is 34.9 Å². The van der Waals surface area contributed by atoms with Gasteiger partial charge in [-0.1, -0.05) is 45.7 Å². The molecule has 0 bridgehead atoms. The second kappa shape index (κ2) is 6.99. The summed E-state index contributed by atoms with van der Waals surface area (Å²) in [6.07, 6.45) is 0. The van der Waals surface area contributed by atoms with Crippen LogP contribution in [0.2, 0.25) is 5.02 Å². The summed E-state index contributed by atoms with van der Waals surface area (Å²) in [7, 11) is 1.37. The molecular formula is C12H15BrClNO2. The Bertz CT molecular complexity index is 387. The van der Waals surface area contributed by atoms with Crippen LogP contribution in [0.4, 0.5) is 0 Å². The van der Waals surface area contributed by atoms with Crippen LogP contribution in [0.15, 0.2) is 24.3 Å². The zero-order chi connectivity index (χ0) is 12.8. The number of carbonyl (C=O) groups is 1. The van der Waals surface area contributed by atoms with Gasteiger partial charge >= 0.3 is 5.97 Å². The predicted molar refractivity (Wildman–Crippen MR) is 72.6 cm³/mol. The number of carbonyl (C=O) groups excluding carboxylic acids is 1. The van der Waals surface area contributed by atoms with Crippen LogP contribution < -0.4 is 5.32 Å². The minimum atomic E-state index is -0.350. The second-order valence-corrected chi connectivity index (χ2v) is 5.15. The molecular weight excluding hydrogens is 305 g/mol. The lowest BCUT2D eigenvalue weighted by Gasteiger charge is -2.17. The summed E-state index contributed by atoms with van der Waals surface area (Å²) in [5.74, 6) is -0.288. The zero-order valence-electron chi connectivity index (χ0n) is 9.74. The molecule has 0 amide bonds. The minimum Gasteiger partial charge on any atom is -0.468 e. The summed E-state index contributed by atoms with van der Waals surface area (Å²) in [6, 6.07) is 7.71. The first-order valence-corrected chi connectivity index (χ1v) is 6.55. The van der Waals surface area contributed by atoms with Gasteiger partial charge in [-0.15, -0.1) is 0 Å². The van der Waals surface area contributed by atoms with E-state index in [9.17, 15) is 4.79 Å². The van der Waals surface area contributed by atoms with Gasteiger partial charge in [0.2, 0.25) is 0 Å². The van der Waals surface area contributed by atoms with Crippen LogP contribution >= 0.6 is 27.5 Å². The molecule has 3 nitrogen and oxygen atoms in total. The molecule has 17 heavy (non-hydrogen) atoms. The van der Waals surface area contributed by atoms with Gasteiger partial charge in [0.05, 0.1) is 7.11 Å². The number of methoxy groups -OCH3 is 1. The molecule has 0 aliphatic carbocycles. The lowest BCUT2D eigenvalue weighted by molar-refractivity contribution is -0.139. The Balaban J connectivity index is 2.53. The molecule has 0 aliphatic rings. The molecule has 0 saturated carbocycles. The Morgan fingerprint density at radius 3 is 2.76 bits per heavy atom. The topological polar surface area (TPSA) is 38.3 Å². The van der Waals surface area contributed by atoms with Crippen LogP contribution in [-0.2, 0) is 9.53 Å². The van der Waals surface area contributed by atoms with E-state index in [1.165, 1.54) is 7.11 Å². The van der Waals surface area contributed by atoms with Gasteiger partial charge in [0, 0.05) is 17.6 Å². The third-order valence-electron chi connectivity index (χ3n) is 2.43. The van der Waals surface area contributed by atoms with Crippen molar-refractivity contribution >= 4 is 33.5 Å². The molecule has 1 N–H and O–H groups in total. The van der Waals surface area contributed by atoms with Crippen molar-refractivity contribution in [3.63, 3.8) is 0 Å². The number of hydrogen-bond donors (Lipinski definition) is 1. The van der Waals surface area contributed by atoms with Crippen LogP contribution in [0.1, 0.15) is 18.5 Å². The number of nitrogens with one attached hydrogen (secondary N) is 1. The molecule has 94 valence electrons. The maximum absolute atomic E-state index is 11.2. The standard InChI is InChI=1S/C12H15BrClNO2/c1-8(9-5-3-4-6-11(9)14)15-7-10(13)12(16)17-2/h3-6,8,10,15H,7H2,1-2H3. The van der Waals surface area contributed by atoms with Gasteiger partial charge in [-0.2, -0.15) is 0 Å². The lowest BCUT2D eigenvalue weighted by atomic mass is 10.1. The fourth-order valence-electron chi connectivity index (χ4n) is 1.43. The maximum atomic E-state index is 11.2. The third kappa shape index (κ3) is 4.30. The van der Waals surface area contributed by atoms with Crippen molar-refractivity contribution < 1.29 is 9.53 Å². The average Bonchev–Trinajstić information content (AvgIpc) is 2.35. The van der Waals surface area contributed by atoms with E-state index in [0.717, 1.165) is 10.6 Å². The van der Waals surface area contributed by atoms with Crippen molar-refractivity contribution in [2.24, 2.45) is 0 Å². The molecule has 0 aliphatic heterocycles. The van der Waals surface area contributed by atoms with Gasteiger partial charge in [-0.25, -0.2) is 0 Å². The van der Waals surface area contributed by atoms with Crippen LogP contribution in [0.3, 0.4) is 0 Å². The van der Waals surface area contributed by atoms with E-state index < -0.39 is 0 Å². The van der Waals surface area contributed by atoms with E-state index in [1.807, 2.05) is 31.2 Å². The normalized spacial score (nSPS) is 14.1. The van der Waals surface area contributed by atoms with Gasteiger partial charge in [0.1, 0.15) is 4.83 Å². The van der Waals surface area contributed by atoms with Crippen LogP contribution in [-0.4, -0.2) is 24.5 Å². The molecule has 1 aromatic rings. The van der Waals surface area contributed by atoms with Gasteiger partial charge in [-0.05, 0) is 18.6 Å². The molecule has 1 rings (SSSR count). The molecule has 0 heterocycles. The van der Waals surface area contributed by atoms with Crippen LogP contribution in [0.25, 0.3) is 0 Å². The number of benzene rings is 1. The number of ether oxygens (including phenoxy) is 1. The highest BCUT2D eigenvalue weighted by Crippen LogP contribution is 2.22. The fraction of sp³-hybridized carbons (Fsp3) is 0.417. The monoisotopic (exact) mass is 319 g/mol. The summed E-state index contributed by atoms with van der Waals surface area (Å²) in [5.41, 5.74) is 1.01. The van der Waals surface area contributed by atoms with E-state index in [-0.39, 0.29) is 16.8 Å². The van der Waals surface area contributed by atoms with E-state index in [2.05, 4.69) is 26.0 Å². The van der Waals surface area contributed by atoms with Gasteiger partial charge in [0.15, 0.2) is 0 Å². The summed E-state index contributed by atoms with van der Waals surface area (Å²) in [4.78, 5) is 10.8. The summed E-state index contributed by atoms with van der Waals surface area (Å²) >= 11 is 9.33. The Morgan fingerprint density at radius 1 is 1.53 bits per heavy atom. The highest BCUT2D eigenvalue weighted by molar-refractivity contribution is 9.10. The second-order valence-electron chi connectivity index (χ2n) is 3.64. The first-order chi connectivity index (χ1) is 8.06. The smallest absolute Gasteiger partial charge is 0.320 e. The molecule has 2 unspecified atom stereocenters. The van der Waals surface area contributed by atoms with Crippen molar-refractivity contribution in [2.75, 3.05) is 13.7 Å². The zero-order valence-corrected chi connectivity index (χ0v) is 12.1. The third-order valence-corrected chi connectivity index (χ3v) is 3.47. The van der Waals surface area contributed by atoms with E-state index in [4.69, 9.17) is 11.6 Å². The van der Waals surface area contributed by atoms with Crippen molar-refractivity contribution in [1.82, 2.24) is 5.32 Å². The Hall–Kier alpha value is -0.580. The Kier molecular flexibility index (Phi) is 5.95. The maximum Gasteiger partial charge on any atom is 0.320 e. The SMILES string of the molecule is COC(=O)C(Br)CNC(C)c1ccccc1Cl. The van der Waals surface area contributed by atoms with E-state index in [0.29, 0.717) is 6.54 Å². The van der Waals surface area contributed by atoms with Gasteiger partial charge in [-0.3, -0.25) is 4.79 Å². The first kappa shape index (κ1) is 14.5. The summed E-state index contributed by atoms with van der Waals surface area (Å²) in [5, 5.41) is 3.94. The van der Waals surface area contributed by atoms with Gasteiger partial charge < -0.3 is 10.1 Å². The number of halogens is 2. The molecule has 0 aromatic heterocycles. The largest absolute Gasteiger partial charge is 0.468 e. The number of rotatable bonds is 5.